The zero-order chi connectivity index (χ0) is 17.9. The van der Waals surface area contributed by atoms with E-state index in [1.54, 1.807) is 12.2 Å². The summed E-state index contributed by atoms with van der Waals surface area (Å²) in [4.78, 5) is 2.46. The Labute approximate surface area is 144 Å². The molecule has 2 saturated heterocycles. The molecular formula is C20H36N2O. The zero-order valence-corrected chi connectivity index (χ0v) is 15.9. The molecule has 3 nitrogen and oxygen atoms in total. The molecule has 0 aromatic carbocycles. The Bertz CT molecular complexity index is 367. The molecule has 2 aliphatic rings. The Morgan fingerprint density at radius 3 is 2.04 bits per heavy atom. The van der Waals surface area contributed by atoms with Gasteiger partial charge in [0.15, 0.2) is 0 Å². The normalized spacial score (nSPS) is 16.5. The van der Waals surface area contributed by atoms with Crippen LogP contribution in [-0.2, 0) is 4.74 Å². The van der Waals surface area contributed by atoms with Crippen LogP contribution in [0, 0.1) is 11.3 Å². The number of epoxide rings is 1. The largest absolute Gasteiger partial charge is 0.377 e. The minimum Gasteiger partial charge on any atom is -0.377 e. The van der Waals surface area contributed by atoms with Crippen LogP contribution in [0.5, 0.6) is 0 Å². The molecule has 2 fully saturated rings. The Morgan fingerprint density at radius 1 is 1.17 bits per heavy atom. The van der Waals surface area contributed by atoms with E-state index in [-0.39, 0.29) is 0 Å². The first-order valence-electron chi connectivity index (χ1n) is 9.00. The molecule has 0 N–H and O–H groups in total. The number of allylic oxidation sites excluding steroid dienone is 4. The maximum absolute atomic E-state index is 9.03. The Kier molecular flexibility index (Phi) is 19.4. The fraction of sp³-hybridized carbons (Fsp3) is 0.650. The van der Waals surface area contributed by atoms with Gasteiger partial charge in [-0.2, -0.15) is 5.26 Å². The second kappa shape index (κ2) is 18.7. The maximum Gasteiger partial charge on any atom is 0.0994 e. The molecule has 2 heterocycles. The summed E-state index contributed by atoms with van der Waals surface area (Å²) in [6.07, 6.45) is 9.10. The highest BCUT2D eigenvalue weighted by Gasteiger charge is 2.12. The van der Waals surface area contributed by atoms with Gasteiger partial charge in [0.25, 0.3) is 0 Å². The molecule has 0 unspecified atom stereocenters. The average Bonchev–Trinajstić information content (AvgIpc) is 3.42. The lowest BCUT2D eigenvalue weighted by Crippen LogP contribution is -2.20. The van der Waals surface area contributed by atoms with Gasteiger partial charge in [-0.3, -0.25) is 0 Å². The summed E-state index contributed by atoms with van der Waals surface area (Å²) in [6, 6.07) is 2.23. The molecule has 3 heteroatoms. The van der Waals surface area contributed by atoms with Crippen molar-refractivity contribution in [3.63, 3.8) is 0 Å². The molecule has 0 atom stereocenters. The van der Waals surface area contributed by atoms with Gasteiger partial charge in [0.05, 0.1) is 24.9 Å². The molecule has 0 saturated carbocycles. The summed E-state index contributed by atoms with van der Waals surface area (Å²) in [5, 5.41) is 9.03. The minimum atomic E-state index is 0.747. The molecule has 2 rings (SSSR count). The highest BCUT2D eigenvalue weighted by atomic mass is 16.6. The predicted octanol–water partition coefficient (Wildman–Crippen LogP) is 5.12. The zero-order valence-electron chi connectivity index (χ0n) is 15.9. The van der Waals surface area contributed by atoms with Crippen LogP contribution in [0.2, 0.25) is 0 Å². The van der Waals surface area contributed by atoms with Gasteiger partial charge in [0.2, 0.25) is 0 Å². The van der Waals surface area contributed by atoms with Crippen molar-refractivity contribution in [1.82, 2.24) is 4.90 Å². The van der Waals surface area contributed by atoms with Crippen LogP contribution in [0.3, 0.4) is 0 Å². The molecule has 0 radical (unpaired) electrons. The van der Waals surface area contributed by atoms with E-state index in [0.29, 0.717) is 0 Å². The van der Waals surface area contributed by atoms with Crippen LogP contribution in [0.1, 0.15) is 53.9 Å². The molecule has 2 aliphatic heterocycles. The molecule has 0 aromatic heterocycles. The number of ether oxygens (including phenoxy) is 1. The van der Waals surface area contributed by atoms with Crippen molar-refractivity contribution in [3.05, 3.63) is 36.0 Å². The first-order chi connectivity index (χ1) is 11.3. The molecule has 0 aromatic rings. The van der Waals surface area contributed by atoms with E-state index < -0.39 is 0 Å². The summed E-state index contributed by atoms with van der Waals surface area (Å²) < 4.78 is 4.50. The summed E-state index contributed by atoms with van der Waals surface area (Å²) in [5.74, 6) is 0. The van der Waals surface area contributed by atoms with Crippen LogP contribution >= 0.6 is 0 Å². The third kappa shape index (κ3) is 14.0. The highest BCUT2D eigenvalue weighted by Crippen LogP contribution is 2.16. The number of hydrogen-bond acceptors (Lipinski definition) is 3. The van der Waals surface area contributed by atoms with Crippen LogP contribution in [0.15, 0.2) is 36.0 Å². The standard InChI is InChI=1S/C14H20N2.C2H4O.2C2H6/c1-3-7-14(12-15)13(4-2)8-11-16-9-5-6-10-16;1-2-3-1;2*1-2/h3-4,7H,1,5-6,8-11H2,2H3;1-2H2;2*1-2H3/b13-4-,14-7-;;;. The first kappa shape index (κ1) is 23.9. The molecule has 0 bridgehead atoms. The lowest BCUT2D eigenvalue weighted by molar-refractivity contribution is 0.344. The van der Waals surface area contributed by atoms with E-state index in [0.717, 1.165) is 37.3 Å². The molecule has 0 aliphatic carbocycles. The van der Waals surface area contributed by atoms with E-state index in [4.69, 9.17) is 5.26 Å². The van der Waals surface area contributed by atoms with E-state index in [1.165, 1.54) is 25.9 Å². The van der Waals surface area contributed by atoms with Gasteiger partial charge in [-0.1, -0.05) is 46.4 Å². The van der Waals surface area contributed by atoms with Crippen LogP contribution in [0.4, 0.5) is 0 Å². The van der Waals surface area contributed by atoms with Crippen molar-refractivity contribution in [2.24, 2.45) is 0 Å². The smallest absolute Gasteiger partial charge is 0.0994 e. The van der Waals surface area contributed by atoms with E-state index in [1.807, 2.05) is 40.7 Å². The predicted molar refractivity (Wildman–Crippen MR) is 101 cm³/mol. The summed E-state index contributed by atoms with van der Waals surface area (Å²) >= 11 is 0. The molecule has 132 valence electrons. The molecule has 0 spiro atoms. The maximum atomic E-state index is 9.03. The van der Waals surface area contributed by atoms with Gasteiger partial charge in [-0.25, -0.2) is 0 Å². The minimum absolute atomic E-state index is 0.747. The van der Waals surface area contributed by atoms with E-state index in [9.17, 15) is 0 Å². The summed E-state index contributed by atoms with van der Waals surface area (Å²) in [5.41, 5.74) is 1.88. The Morgan fingerprint density at radius 2 is 1.70 bits per heavy atom. The monoisotopic (exact) mass is 320 g/mol. The molecule has 23 heavy (non-hydrogen) atoms. The van der Waals surface area contributed by atoms with Crippen molar-refractivity contribution in [2.45, 2.75) is 53.9 Å². The van der Waals surface area contributed by atoms with Crippen LogP contribution in [0.25, 0.3) is 0 Å². The van der Waals surface area contributed by atoms with Crippen molar-refractivity contribution in [3.8, 4) is 6.07 Å². The fourth-order valence-electron chi connectivity index (χ4n) is 2.05. The summed E-state index contributed by atoms with van der Waals surface area (Å²) in [6.45, 7) is 19.1. The Balaban J connectivity index is 0. The van der Waals surface area contributed by atoms with Crippen molar-refractivity contribution in [2.75, 3.05) is 32.8 Å². The van der Waals surface area contributed by atoms with Gasteiger partial charge >= 0.3 is 0 Å². The fourth-order valence-corrected chi connectivity index (χ4v) is 2.05. The van der Waals surface area contributed by atoms with Gasteiger partial charge in [0, 0.05) is 6.54 Å². The van der Waals surface area contributed by atoms with E-state index in [2.05, 4.69) is 22.3 Å². The number of rotatable bonds is 5. The SMILES string of the molecule is C1CO1.C=C/C=C(C#N)\C(=C/C)CCN1CCCC1.CC.CC. The van der Waals surface area contributed by atoms with Gasteiger partial charge < -0.3 is 9.64 Å². The number of hydrogen-bond donors (Lipinski definition) is 0. The lowest BCUT2D eigenvalue weighted by Gasteiger charge is -2.15. The number of likely N-dealkylation sites (tertiary alicyclic amines) is 1. The second-order valence-corrected chi connectivity index (χ2v) is 4.65. The Hall–Kier alpha value is -1.37. The molecule has 0 amide bonds. The van der Waals surface area contributed by atoms with Crippen LogP contribution in [-0.4, -0.2) is 37.7 Å². The molecular weight excluding hydrogens is 284 g/mol. The lowest BCUT2D eigenvalue weighted by atomic mass is 10.0. The second-order valence-electron chi connectivity index (χ2n) is 4.65. The number of nitriles is 1. The number of nitrogens with zero attached hydrogens (tertiary/aromatic N) is 2. The quantitative estimate of drug-likeness (QED) is 0.401. The van der Waals surface area contributed by atoms with Gasteiger partial charge in [-0.05, 0) is 50.9 Å². The first-order valence-corrected chi connectivity index (χ1v) is 9.00. The highest BCUT2D eigenvalue weighted by molar-refractivity contribution is 5.43. The average molecular weight is 321 g/mol. The van der Waals surface area contributed by atoms with Crippen molar-refractivity contribution < 1.29 is 4.74 Å². The summed E-state index contributed by atoms with van der Waals surface area (Å²) in [7, 11) is 0. The van der Waals surface area contributed by atoms with Crippen LogP contribution < -0.4 is 0 Å². The van der Waals surface area contributed by atoms with E-state index >= 15 is 0 Å². The van der Waals surface area contributed by atoms with Crippen molar-refractivity contribution >= 4 is 0 Å². The van der Waals surface area contributed by atoms with Gasteiger partial charge in [-0.15, -0.1) is 0 Å². The van der Waals surface area contributed by atoms with Crippen molar-refractivity contribution in [1.29, 1.82) is 5.26 Å². The topological polar surface area (TPSA) is 39.6 Å². The third-order valence-corrected chi connectivity index (χ3v) is 3.20. The van der Waals surface area contributed by atoms with Gasteiger partial charge in [0.1, 0.15) is 0 Å². The third-order valence-electron chi connectivity index (χ3n) is 3.20.